The minimum absolute atomic E-state index is 0.00141. The van der Waals surface area contributed by atoms with E-state index in [1.165, 1.54) is 4.68 Å². The number of aryl methyl sites for hydroxylation is 1. The van der Waals surface area contributed by atoms with E-state index < -0.39 is 44.3 Å². The van der Waals surface area contributed by atoms with Crippen LogP contribution in [0.15, 0.2) is 54.6 Å². The van der Waals surface area contributed by atoms with Crippen LogP contribution in [0.4, 0.5) is 16.3 Å². The number of nitrogens with one attached hydrogen (secondary N) is 2. The summed E-state index contributed by atoms with van der Waals surface area (Å²) < 4.78 is 32.6. The first-order valence-corrected chi connectivity index (χ1v) is 16.5. The van der Waals surface area contributed by atoms with Crippen molar-refractivity contribution in [1.82, 2.24) is 19.7 Å². The van der Waals surface area contributed by atoms with E-state index in [1.54, 1.807) is 7.05 Å². The first-order valence-electron chi connectivity index (χ1n) is 15.0. The van der Waals surface area contributed by atoms with Crippen LogP contribution in [0.5, 0.6) is 0 Å². The van der Waals surface area contributed by atoms with E-state index in [1.807, 2.05) is 61.5 Å². The van der Waals surface area contributed by atoms with Gasteiger partial charge in [0.1, 0.15) is 11.8 Å². The standard InChI is InChI=1S/C31H36N6O7S/c1-20(21-6-4-3-5-7-21)44-29(41)32-26-25(33-35-36(26)2)22-12-18-37(19-13-22)24-10-8-23(9-11-24)30(14-15-30)27(38)34-45(42,43)31(16-17-31)28(39)40/h3-11,20,22H,12-19H2,1-2H3,(H,32,41)(H,34,38)(H,39,40)/t20-/m1/s1. The number of carbonyl (C=O) groups excluding carboxylic acids is 2. The lowest BCUT2D eigenvalue weighted by Crippen LogP contribution is -2.47. The third kappa shape index (κ3) is 5.74. The zero-order valence-corrected chi connectivity index (χ0v) is 25.9. The molecule has 2 amide bonds. The number of aromatic nitrogens is 3. The topological polar surface area (TPSA) is 173 Å². The van der Waals surface area contributed by atoms with Gasteiger partial charge in [-0.05, 0) is 68.7 Å². The number of nitrogens with zero attached hydrogens (tertiary/aromatic N) is 4. The summed E-state index contributed by atoms with van der Waals surface area (Å²) in [6, 6.07) is 17.0. The second kappa shape index (κ2) is 11.5. The highest BCUT2D eigenvalue weighted by atomic mass is 32.2. The third-order valence-corrected chi connectivity index (χ3v) is 11.4. The maximum atomic E-state index is 13.1. The summed E-state index contributed by atoms with van der Waals surface area (Å²) in [6.45, 7) is 3.28. The monoisotopic (exact) mass is 636 g/mol. The predicted molar refractivity (Wildman–Crippen MR) is 164 cm³/mol. The molecule has 1 atom stereocenters. The number of amides is 2. The molecule has 45 heavy (non-hydrogen) atoms. The number of benzene rings is 2. The number of anilines is 2. The molecule has 2 saturated carbocycles. The van der Waals surface area contributed by atoms with E-state index in [0.29, 0.717) is 29.9 Å². The summed E-state index contributed by atoms with van der Waals surface area (Å²) in [5.41, 5.74) is 2.31. The van der Waals surface area contributed by atoms with Crippen LogP contribution in [0.3, 0.4) is 0 Å². The van der Waals surface area contributed by atoms with Crippen molar-refractivity contribution in [3.63, 3.8) is 0 Å². The van der Waals surface area contributed by atoms with Gasteiger partial charge in [0, 0.05) is 31.7 Å². The zero-order valence-electron chi connectivity index (χ0n) is 25.1. The molecule has 6 rings (SSSR count). The van der Waals surface area contributed by atoms with Crippen molar-refractivity contribution in [2.24, 2.45) is 7.05 Å². The molecule has 3 aliphatic rings. The molecule has 2 aliphatic carbocycles. The Balaban J connectivity index is 1.06. The maximum absolute atomic E-state index is 13.1. The molecule has 14 heteroatoms. The Morgan fingerprint density at radius 2 is 1.64 bits per heavy atom. The molecule has 0 bridgehead atoms. The van der Waals surface area contributed by atoms with Gasteiger partial charge in [-0.1, -0.05) is 47.7 Å². The maximum Gasteiger partial charge on any atom is 0.413 e. The Morgan fingerprint density at radius 1 is 1.00 bits per heavy atom. The van der Waals surface area contributed by atoms with E-state index in [-0.39, 0.29) is 18.8 Å². The lowest BCUT2D eigenvalue weighted by molar-refractivity contribution is -0.137. The van der Waals surface area contributed by atoms with E-state index in [2.05, 4.69) is 25.3 Å². The number of hydrogen-bond donors (Lipinski definition) is 3. The Kier molecular flexibility index (Phi) is 7.79. The summed E-state index contributed by atoms with van der Waals surface area (Å²) in [5, 5.41) is 20.7. The fourth-order valence-corrected chi connectivity index (χ4v) is 7.58. The Bertz CT molecular complexity index is 1710. The van der Waals surface area contributed by atoms with Crippen LogP contribution in [-0.2, 0) is 36.8 Å². The van der Waals surface area contributed by atoms with Crippen LogP contribution in [0.25, 0.3) is 0 Å². The first kappa shape index (κ1) is 30.6. The van der Waals surface area contributed by atoms with Gasteiger partial charge >= 0.3 is 12.1 Å². The number of hydrogen-bond acceptors (Lipinski definition) is 9. The number of rotatable bonds is 10. The minimum Gasteiger partial charge on any atom is -0.480 e. The molecule has 13 nitrogen and oxygen atoms in total. The van der Waals surface area contributed by atoms with Crippen molar-refractivity contribution in [2.75, 3.05) is 23.3 Å². The molecule has 3 fully saturated rings. The predicted octanol–water partition coefficient (Wildman–Crippen LogP) is 3.60. The van der Waals surface area contributed by atoms with Crippen molar-refractivity contribution in [2.45, 2.75) is 67.6 Å². The second-order valence-electron chi connectivity index (χ2n) is 12.2. The smallest absolute Gasteiger partial charge is 0.413 e. The van der Waals surface area contributed by atoms with E-state index in [4.69, 9.17) is 4.74 Å². The number of aliphatic carboxylic acids is 1. The van der Waals surface area contributed by atoms with E-state index >= 15 is 0 Å². The lowest BCUT2D eigenvalue weighted by atomic mass is 9.92. The average Bonchev–Trinajstić information content (AvgIpc) is 3.95. The highest BCUT2D eigenvalue weighted by Gasteiger charge is 2.63. The fraction of sp³-hybridized carbons (Fsp3) is 0.452. The van der Waals surface area contributed by atoms with Crippen LogP contribution in [0.1, 0.15) is 74.3 Å². The quantitative estimate of drug-likeness (QED) is 0.298. The van der Waals surface area contributed by atoms with E-state index in [9.17, 15) is 27.9 Å². The molecule has 0 spiro atoms. The fourth-order valence-electron chi connectivity index (χ4n) is 6.07. The minimum atomic E-state index is -4.33. The molecule has 1 aliphatic heterocycles. The van der Waals surface area contributed by atoms with Crippen LogP contribution >= 0.6 is 0 Å². The summed E-state index contributed by atoms with van der Waals surface area (Å²) >= 11 is 0. The van der Waals surface area contributed by atoms with Crippen molar-refractivity contribution >= 4 is 39.5 Å². The number of sulfonamides is 1. The molecule has 0 unspecified atom stereocenters. The first-order chi connectivity index (χ1) is 21.5. The largest absolute Gasteiger partial charge is 0.480 e. The Hall–Kier alpha value is -4.46. The molecule has 1 saturated heterocycles. The number of carbonyl (C=O) groups is 3. The number of carboxylic acid groups (broad SMARTS) is 1. The SMILES string of the molecule is C[C@@H](OC(=O)Nc1c(C2CCN(c3ccc(C4(C(=O)NS(=O)(=O)C5(C(=O)O)CC5)CC4)cc3)CC2)nnn1C)c1ccccc1. The van der Waals surface area contributed by atoms with Crippen LogP contribution in [-0.4, -0.2) is 64.3 Å². The molecule has 2 aromatic carbocycles. The molecule has 238 valence electrons. The van der Waals surface area contributed by atoms with Gasteiger partial charge in [0.15, 0.2) is 10.6 Å². The number of carboxylic acids is 1. The van der Waals surface area contributed by atoms with Crippen LogP contribution < -0.4 is 14.9 Å². The summed E-state index contributed by atoms with van der Waals surface area (Å²) in [6.07, 6.45) is 1.54. The molecule has 3 N–H and O–H groups in total. The van der Waals surface area contributed by atoms with E-state index in [0.717, 1.165) is 37.2 Å². The molecular formula is C31H36N6O7S. The van der Waals surface area contributed by atoms with Crippen LogP contribution in [0.2, 0.25) is 0 Å². The third-order valence-electron chi connectivity index (χ3n) is 9.31. The van der Waals surface area contributed by atoms with Gasteiger partial charge in [-0.2, -0.15) is 0 Å². The second-order valence-corrected chi connectivity index (χ2v) is 14.1. The van der Waals surface area contributed by atoms with Crippen molar-refractivity contribution in [1.29, 1.82) is 0 Å². The Labute approximate surface area is 261 Å². The van der Waals surface area contributed by atoms with Crippen LogP contribution in [0, 0.1) is 0 Å². The molecular weight excluding hydrogens is 600 g/mol. The number of piperidine rings is 1. The van der Waals surface area contributed by atoms with Gasteiger partial charge in [-0.25, -0.2) is 17.9 Å². The van der Waals surface area contributed by atoms with Gasteiger partial charge < -0.3 is 14.7 Å². The molecule has 3 aromatic rings. The van der Waals surface area contributed by atoms with Gasteiger partial charge in [-0.3, -0.25) is 19.6 Å². The van der Waals surface area contributed by atoms with Gasteiger partial charge in [0.25, 0.3) is 10.0 Å². The normalized spacial score (nSPS) is 19.3. The van der Waals surface area contributed by atoms with Crippen molar-refractivity contribution in [3.8, 4) is 0 Å². The van der Waals surface area contributed by atoms with Crippen molar-refractivity contribution in [3.05, 3.63) is 71.4 Å². The molecule has 2 heterocycles. The van der Waals surface area contributed by atoms with Gasteiger partial charge in [0.2, 0.25) is 5.91 Å². The highest BCUT2D eigenvalue weighted by Crippen LogP contribution is 2.50. The average molecular weight is 637 g/mol. The van der Waals surface area contributed by atoms with Crippen molar-refractivity contribution < 1.29 is 32.6 Å². The van der Waals surface area contributed by atoms with Gasteiger partial charge in [-0.15, -0.1) is 5.10 Å². The lowest BCUT2D eigenvalue weighted by Gasteiger charge is -2.33. The molecule has 1 aromatic heterocycles. The molecule has 0 radical (unpaired) electrons. The summed E-state index contributed by atoms with van der Waals surface area (Å²) in [4.78, 5) is 39.5. The number of ether oxygens (including phenoxy) is 1. The highest BCUT2D eigenvalue weighted by molar-refractivity contribution is 7.92. The summed E-state index contributed by atoms with van der Waals surface area (Å²) in [7, 11) is -2.60. The Morgan fingerprint density at radius 3 is 2.22 bits per heavy atom. The zero-order chi connectivity index (χ0) is 32.0. The van der Waals surface area contributed by atoms with Gasteiger partial charge in [0.05, 0.1) is 5.41 Å². The summed E-state index contributed by atoms with van der Waals surface area (Å²) in [5.74, 6) is -1.51.